The van der Waals surface area contributed by atoms with E-state index in [0.29, 0.717) is 23.4 Å². The Morgan fingerprint density at radius 1 is 1.32 bits per heavy atom. The molecule has 0 bridgehead atoms. The summed E-state index contributed by atoms with van der Waals surface area (Å²) in [7, 11) is 1.67. The number of nitrogens with zero attached hydrogens (tertiary/aromatic N) is 3. The van der Waals surface area contributed by atoms with Gasteiger partial charge >= 0.3 is 6.18 Å². The molecule has 2 heterocycles. The molecule has 1 aliphatic rings. The highest BCUT2D eigenvalue weighted by molar-refractivity contribution is 14.0. The summed E-state index contributed by atoms with van der Waals surface area (Å²) >= 11 is 0.969. The van der Waals surface area contributed by atoms with Gasteiger partial charge in [0.25, 0.3) is 0 Å². The van der Waals surface area contributed by atoms with E-state index in [0.717, 1.165) is 54.2 Å². The third-order valence-corrected chi connectivity index (χ3v) is 5.66. The fraction of sp³-hybridized carbons (Fsp3) is 0.500. The first-order valence-corrected chi connectivity index (χ1v) is 10.7. The van der Waals surface area contributed by atoms with Gasteiger partial charge in [0.05, 0.1) is 19.3 Å². The van der Waals surface area contributed by atoms with E-state index in [1.807, 2.05) is 25.1 Å². The van der Waals surface area contributed by atoms with Gasteiger partial charge in [-0.1, -0.05) is 12.1 Å². The summed E-state index contributed by atoms with van der Waals surface area (Å²) in [6.07, 6.45) is -3.39. The van der Waals surface area contributed by atoms with Gasteiger partial charge in [0.1, 0.15) is 10.8 Å². The fourth-order valence-corrected chi connectivity index (χ4v) is 4.08. The number of guanidine groups is 1. The minimum absolute atomic E-state index is 0. The molecule has 2 N–H and O–H groups in total. The van der Waals surface area contributed by atoms with Crippen molar-refractivity contribution >= 4 is 47.0 Å². The van der Waals surface area contributed by atoms with Gasteiger partial charge in [-0.05, 0) is 31.4 Å². The van der Waals surface area contributed by atoms with Crippen molar-refractivity contribution in [3.63, 3.8) is 0 Å². The Bertz CT molecular complexity index is 861. The van der Waals surface area contributed by atoms with E-state index in [-0.39, 0.29) is 30.5 Å². The molecular weight excluding hydrogens is 542 g/mol. The highest BCUT2D eigenvalue weighted by atomic mass is 127. The van der Waals surface area contributed by atoms with E-state index in [2.05, 4.69) is 31.6 Å². The van der Waals surface area contributed by atoms with Gasteiger partial charge < -0.3 is 20.3 Å². The summed E-state index contributed by atoms with van der Waals surface area (Å²) in [6, 6.07) is 7.97. The second-order valence-corrected chi connectivity index (χ2v) is 7.92. The average Bonchev–Trinajstić information content (AvgIpc) is 3.39. The molecule has 1 aromatic heterocycles. The van der Waals surface area contributed by atoms with Crippen LogP contribution in [0.5, 0.6) is 5.75 Å². The standard InChI is InChI=1S/C20H26F3N5OS.HI/c1-3-24-19(26-11-18-27-17(13-30-18)20(21,22)23)25-10-14-8-9-28(12-14)15-6-4-5-7-16(15)29-2;/h4-7,13-14H,3,8-12H2,1-2H3,(H2,24,25,26);1H. The highest BCUT2D eigenvalue weighted by Gasteiger charge is 2.33. The van der Waals surface area contributed by atoms with Gasteiger partial charge in [0.2, 0.25) is 0 Å². The average molecular weight is 569 g/mol. The Hall–Kier alpha value is -1.76. The molecule has 0 saturated carbocycles. The number of aromatic nitrogens is 1. The number of nitrogens with one attached hydrogen (secondary N) is 2. The lowest BCUT2D eigenvalue weighted by Crippen LogP contribution is -2.40. The van der Waals surface area contributed by atoms with Crippen LogP contribution in [0, 0.1) is 5.92 Å². The van der Waals surface area contributed by atoms with Gasteiger partial charge in [0.15, 0.2) is 11.7 Å². The first-order chi connectivity index (χ1) is 14.4. The number of aliphatic imine (C=N–C) groups is 1. The third-order valence-electron chi connectivity index (χ3n) is 4.83. The number of ether oxygens (including phenoxy) is 1. The zero-order valence-corrected chi connectivity index (χ0v) is 20.6. The van der Waals surface area contributed by atoms with Gasteiger partial charge in [-0.25, -0.2) is 9.98 Å². The molecular formula is C20H27F3IN5OS. The summed E-state index contributed by atoms with van der Waals surface area (Å²) in [4.78, 5) is 10.3. The smallest absolute Gasteiger partial charge is 0.434 e. The Kier molecular flexibility index (Phi) is 9.66. The first kappa shape index (κ1) is 25.5. The number of halogens is 4. The van der Waals surface area contributed by atoms with Gasteiger partial charge in [0, 0.05) is 31.6 Å². The molecule has 31 heavy (non-hydrogen) atoms. The van der Waals surface area contributed by atoms with Crippen LogP contribution >= 0.6 is 35.3 Å². The maximum absolute atomic E-state index is 12.7. The van der Waals surface area contributed by atoms with E-state index in [1.54, 1.807) is 7.11 Å². The number of para-hydroxylation sites is 2. The van der Waals surface area contributed by atoms with E-state index >= 15 is 0 Å². The van der Waals surface area contributed by atoms with Crippen LogP contribution in [-0.2, 0) is 12.7 Å². The van der Waals surface area contributed by atoms with Crippen LogP contribution in [0.4, 0.5) is 18.9 Å². The summed E-state index contributed by atoms with van der Waals surface area (Å²) < 4.78 is 43.5. The number of methoxy groups -OCH3 is 1. The molecule has 0 spiro atoms. The maximum Gasteiger partial charge on any atom is 0.434 e. The molecule has 1 aliphatic heterocycles. The Morgan fingerprint density at radius 2 is 2.10 bits per heavy atom. The predicted molar refractivity (Wildman–Crippen MR) is 129 cm³/mol. The van der Waals surface area contributed by atoms with Crippen molar-refractivity contribution in [1.82, 2.24) is 15.6 Å². The number of benzene rings is 1. The SMILES string of the molecule is CCNC(=NCc1nc(C(F)(F)F)cs1)NCC1CCN(c2ccccc2OC)C1.I. The van der Waals surface area contributed by atoms with Crippen molar-refractivity contribution in [2.45, 2.75) is 26.1 Å². The topological polar surface area (TPSA) is 61.8 Å². The molecule has 11 heteroatoms. The molecule has 1 atom stereocenters. The van der Waals surface area contributed by atoms with Crippen LogP contribution in [0.2, 0.25) is 0 Å². The fourth-order valence-electron chi connectivity index (χ4n) is 3.35. The predicted octanol–water partition coefficient (Wildman–Crippen LogP) is 4.37. The molecule has 0 radical (unpaired) electrons. The normalized spacial score (nSPS) is 16.7. The van der Waals surface area contributed by atoms with E-state index in [4.69, 9.17) is 4.74 Å². The van der Waals surface area contributed by atoms with E-state index in [9.17, 15) is 13.2 Å². The first-order valence-electron chi connectivity index (χ1n) is 9.82. The number of rotatable bonds is 7. The summed E-state index contributed by atoms with van der Waals surface area (Å²) in [5.41, 5.74) is 0.227. The lowest BCUT2D eigenvalue weighted by molar-refractivity contribution is -0.140. The number of anilines is 1. The molecule has 172 valence electrons. The van der Waals surface area contributed by atoms with Crippen molar-refractivity contribution in [1.29, 1.82) is 0 Å². The summed E-state index contributed by atoms with van der Waals surface area (Å²) in [5, 5.41) is 7.80. The monoisotopic (exact) mass is 569 g/mol. The molecule has 1 unspecified atom stereocenters. The number of thiazole rings is 1. The zero-order valence-electron chi connectivity index (χ0n) is 17.4. The molecule has 2 aromatic rings. The minimum atomic E-state index is -4.42. The third kappa shape index (κ3) is 7.13. The summed E-state index contributed by atoms with van der Waals surface area (Å²) in [5.74, 6) is 1.87. The van der Waals surface area contributed by atoms with E-state index in [1.165, 1.54) is 0 Å². The van der Waals surface area contributed by atoms with Crippen LogP contribution in [0.1, 0.15) is 24.0 Å². The maximum atomic E-state index is 12.7. The Morgan fingerprint density at radius 3 is 2.77 bits per heavy atom. The van der Waals surface area contributed by atoms with Crippen LogP contribution < -0.4 is 20.3 Å². The van der Waals surface area contributed by atoms with Gasteiger partial charge in [-0.3, -0.25) is 0 Å². The van der Waals surface area contributed by atoms with Crippen molar-refractivity contribution in [2.24, 2.45) is 10.9 Å². The van der Waals surface area contributed by atoms with Gasteiger partial charge in [-0.15, -0.1) is 35.3 Å². The van der Waals surface area contributed by atoms with E-state index < -0.39 is 11.9 Å². The second-order valence-electron chi connectivity index (χ2n) is 6.97. The largest absolute Gasteiger partial charge is 0.495 e. The van der Waals surface area contributed by atoms with Crippen LogP contribution in [0.25, 0.3) is 0 Å². The van der Waals surface area contributed by atoms with Crippen LogP contribution in [-0.4, -0.2) is 44.2 Å². The minimum Gasteiger partial charge on any atom is -0.495 e. The molecule has 0 aliphatic carbocycles. The van der Waals surface area contributed by atoms with Crippen molar-refractivity contribution in [3.05, 3.63) is 40.3 Å². The van der Waals surface area contributed by atoms with Crippen LogP contribution in [0.3, 0.4) is 0 Å². The van der Waals surface area contributed by atoms with Gasteiger partial charge in [-0.2, -0.15) is 13.2 Å². The van der Waals surface area contributed by atoms with Crippen molar-refractivity contribution in [3.8, 4) is 5.75 Å². The molecule has 3 rings (SSSR count). The quantitative estimate of drug-likeness (QED) is 0.295. The number of hydrogen-bond donors (Lipinski definition) is 2. The lowest BCUT2D eigenvalue weighted by Gasteiger charge is -2.21. The second kappa shape index (κ2) is 11.7. The number of hydrogen-bond acceptors (Lipinski definition) is 5. The van der Waals surface area contributed by atoms with Crippen LogP contribution in [0.15, 0.2) is 34.6 Å². The highest BCUT2D eigenvalue weighted by Crippen LogP contribution is 2.32. The number of alkyl halides is 3. The molecule has 0 amide bonds. The molecule has 1 aromatic carbocycles. The Labute approximate surface area is 201 Å². The Balaban J connectivity index is 0.00000341. The van der Waals surface area contributed by atoms with Crippen molar-refractivity contribution in [2.75, 3.05) is 38.2 Å². The molecule has 1 saturated heterocycles. The summed E-state index contributed by atoms with van der Waals surface area (Å²) in [6.45, 7) is 5.28. The molecule has 1 fully saturated rings. The lowest BCUT2D eigenvalue weighted by atomic mass is 10.1. The molecule has 6 nitrogen and oxygen atoms in total. The van der Waals surface area contributed by atoms with Crippen molar-refractivity contribution < 1.29 is 17.9 Å². The zero-order chi connectivity index (χ0) is 21.6.